The van der Waals surface area contributed by atoms with E-state index in [2.05, 4.69) is 27.0 Å². The molecule has 0 saturated heterocycles. The SMILES string of the molecule is C[C@@H](O)c1ccc(Oc2ccc3cc(Br)ccc3c2)cn1. The highest BCUT2D eigenvalue weighted by Gasteiger charge is 2.04. The number of halogens is 1. The minimum atomic E-state index is -0.571. The van der Waals surface area contributed by atoms with Crippen LogP contribution in [0.3, 0.4) is 0 Å². The predicted molar refractivity (Wildman–Crippen MR) is 86.6 cm³/mol. The highest BCUT2D eigenvalue weighted by atomic mass is 79.9. The summed E-state index contributed by atoms with van der Waals surface area (Å²) in [6.45, 7) is 1.68. The fraction of sp³-hybridized carbons (Fsp3) is 0.118. The van der Waals surface area contributed by atoms with Crippen LogP contribution in [0.5, 0.6) is 11.5 Å². The average Bonchev–Trinajstić information content (AvgIpc) is 2.48. The molecule has 1 N–H and O–H groups in total. The van der Waals surface area contributed by atoms with Gasteiger partial charge >= 0.3 is 0 Å². The number of aromatic nitrogens is 1. The van der Waals surface area contributed by atoms with Gasteiger partial charge in [0.1, 0.15) is 11.5 Å². The Morgan fingerprint density at radius 1 is 1.00 bits per heavy atom. The number of hydrogen-bond donors (Lipinski definition) is 1. The molecule has 3 rings (SSSR count). The van der Waals surface area contributed by atoms with Gasteiger partial charge in [-0.25, -0.2) is 0 Å². The highest BCUT2D eigenvalue weighted by Crippen LogP contribution is 2.27. The van der Waals surface area contributed by atoms with Gasteiger partial charge in [-0.2, -0.15) is 0 Å². The third-order valence-electron chi connectivity index (χ3n) is 3.20. The van der Waals surface area contributed by atoms with Crippen molar-refractivity contribution in [1.82, 2.24) is 4.98 Å². The lowest BCUT2D eigenvalue weighted by atomic mass is 10.1. The number of hydrogen-bond acceptors (Lipinski definition) is 3. The molecule has 3 nitrogen and oxygen atoms in total. The van der Waals surface area contributed by atoms with Crippen LogP contribution < -0.4 is 4.74 Å². The van der Waals surface area contributed by atoms with Crippen LogP contribution >= 0.6 is 15.9 Å². The van der Waals surface area contributed by atoms with Gasteiger partial charge in [0.15, 0.2) is 0 Å². The average molecular weight is 344 g/mol. The van der Waals surface area contributed by atoms with Crippen molar-refractivity contribution in [3.05, 3.63) is 64.9 Å². The molecule has 1 atom stereocenters. The van der Waals surface area contributed by atoms with Crippen LogP contribution in [0.25, 0.3) is 10.8 Å². The molecule has 1 heterocycles. The van der Waals surface area contributed by atoms with Crippen LogP contribution in [0.2, 0.25) is 0 Å². The normalized spacial score (nSPS) is 12.3. The molecule has 4 heteroatoms. The summed E-state index contributed by atoms with van der Waals surface area (Å²) >= 11 is 3.46. The summed E-state index contributed by atoms with van der Waals surface area (Å²) in [7, 11) is 0. The van der Waals surface area contributed by atoms with Gasteiger partial charge in [0, 0.05) is 4.47 Å². The van der Waals surface area contributed by atoms with Gasteiger partial charge in [-0.15, -0.1) is 0 Å². The summed E-state index contributed by atoms with van der Waals surface area (Å²) < 4.78 is 6.85. The third kappa shape index (κ3) is 3.23. The summed E-state index contributed by atoms with van der Waals surface area (Å²) in [6.07, 6.45) is 1.05. The second-order valence-electron chi connectivity index (χ2n) is 4.85. The molecular formula is C17H14BrNO2. The van der Waals surface area contributed by atoms with E-state index < -0.39 is 6.10 Å². The Balaban J connectivity index is 1.85. The summed E-state index contributed by atoms with van der Waals surface area (Å²) in [6, 6.07) is 15.6. The highest BCUT2D eigenvalue weighted by molar-refractivity contribution is 9.10. The molecule has 0 bridgehead atoms. The molecule has 0 saturated carbocycles. The quantitative estimate of drug-likeness (QED) is 0.739. The zero-order chi connectivity index (χ0) is 14.8. The van der Waals surface area contributed by atoms with Gasteiger partial charge in [0.25, 0.3) is 0 Å². The van der Waals surface area contributed by atoms with Crippen LogP contribution in [0, 0.1) is 0 Å². The Labute approximate surface area is 131 Å². The number of aliphatic hydroxyl groups excluding tert-OH is 1. The second-order valence-corrected chi connectivity index (χ2v) is 5.77. The standard InChI is InChI=1S/C17H14BrNO2/c1-11(20)17-7-6-16(10-19-17)21-15-5-3-12-8-14(18)4-2-13(12)9-15/h2-11,20H,1H3/t11-/m1/s1. The Bertz CT molecular complexity index is 769. The molecule has 0 aliphatic rings. The maximum absolute atomic E-state index is 9.44. The number of nitrogens with zero attached hydrogens (tertiary/aromatic N) is 1. The predicted octanol–water partition coefficient (Wildman–Crippen LogP) is 4.84. The summed E-state index contributed by atoms with van der Waals surface area (Å²) in [5, 5.41) is 11.7. The van der Waals surface area contributed by atoms with Crippen LogP contribution in [-0.4, -0.2) is 10.1 Å². The molecule has 0 unspecified atom stereocenters. The minimum absolute atomic E-state index is 0.571. The first kappa shape index (κ1) is 14.0. The van der Waals surface area contributed by atoms with Gasteiger partial charge < -0.3 is 9.84 Å². The smallest absolute Gasteiger partial charge is 0.145 e. The Morgan fingerprint density at radius 2 is 1.71 bits per heavy atom. The van der Waals surface area contributed by atoms with Crippen molar-refractivity contribution in [3.63, 3.8) is 0 Å². The van der Waals surface area contributed by atoms with Crippen molar-refractivity contribution in [2.75, 3.05) is 0 Å². The van der Waals surface area contributed by atoms with E-state index in [-0.39, 0.29) is 0 Å². The van der Waals surface area contributed by atoms with Crippen molar-refractivity contribution >= 4 is 26.7 Å². The molecule has 0 radical (unpaired) electrons. The van der Waals surface area contributed by atoms with E-state index in [0.717, 1.165) is 21.0 Å². The van der Waals surface area contributed by atoms with Crippen molar-refractivity contribution in [3.8, 4) is 11.5 Å². The number of ether oxygens (including phenoxy) is 1. The molecule has 106 valence electrons. The van der Waals surface area contributed by atoms with Crippen LogP contribution in [0.15, 0.2) is 59.2 Å². The number of aliphatic hydroxyl groups is 1. The molecule has 0 aliphatic heterocycles. The largest absolute Gasteiger partial charge is 0.456 e. The summed E-state index contributed by atoms with van der Waals surface area (Å²) in [5.41, 5.74) is 0.630. The Hall–Kier alpha value is -1.91. The maximum atomic E-state index is 9.44. The molecular weight excluding hydrogens is 330 g/mol. The van der Waals surface area contributed by atoms with E-state index in [1.54, 1.807) is 25.3 Å². The van der Waals surface area contributed by atoms with E-state index in [1.807, 2.05) is 30.3 Å². The summed E-state index contributed by atoms with van der Waals surface area (Å²) in [4.78, 5) is 4.17. The van der Waals surface area contributed by atoms with Crippen molar-refractivity contribution in [1.29, 1.82) is 0 Å². The molecule has 0 spiro atoms. The molecule has 21 heavy (non-hydrogen) atoms. The fourth-order valence-electron chi connectivity index (χ4n) is 2.09. The van der Waals surface area contributed by atoms with E-state index in [4.69, 9.17) is 4.74 Å². The number of pyridine rings is 1. The lowest BCUT2D eigenvalue weighted by Gasteiger charge is -2.08. The van der Waals surface area contributed by atoms with Crippen LogP contribution in [-0.2, 0) is 0 Å². The summed E-state index contributed by atoms with van der Waals surface area (Å²) in [5.74, 6) is 1.41. The molecule has 1 aromatic heterocycles. The number of benzene rings is 2. The Morgan fingerprint density at radius 3 is 2.43 bits per heavy atom. The van der Waals surface area contributed by atoms with E-state index in [9.17, 15) is 5.11 Å². The van der Waals surface area contributed by atoms with Crippen molar-refractivity contribution in [2.45, 2.75) is 13.0 Å². The zero-order valence-electron chi connectivity index (χ0n) is 11.5. The van der Waals surface area contributed by atoms with Crippen molar-refractivity contribution in [2.24, 2.45) is 0 Å². The second kappa shape index (κ2) is 5.84. The molecule has 3 aromatic rings. The van der Waals surface area contributed by atoms with Gasteiger partial charge in [-0.3, -0.25) is 4.98 Å². The zero-order valence-corrected chi connectivity index (χ0v) is 13.0. The molecule has 0 aliphatic carbocycles. The first-order valence-electron chi connectivity index (χ1n) is 6.63. The van der Waals surface area contributed by atoms with Gasteiger partial charge in [-0.05, 0) is 54.1 Å². The Kier molecular flexibility index (Phi) is 3.90. The number of rotatable bonds is 3. The number of fused-ring (bicyclic) bond motifs is 1. The van der Waals surface area contributed by atoms with Crippen LogP contribution in [0.1, 0.15) is 18.7 Å². The first-order chi connectivity index (χ1) is 10.1. The lowest BCUT2D eigenvalue weighted by molar-refractivity contribution is 0.194. The molecule has 0 amide bonds. The van der Waals surface area contributed by atoms with E-state index >= 15 is 0 Å². The van der Waals surface area contributed by atoms with Gasteiger partial charge in [0.2, 0.25) is 0 Å². The van der Waals surface area contributed by atoms with Gasteiger partial charge in [-0.1, -0.05) is 28.1 Å². The topological polar surface area (TPSA) is 42.4 Å². The minimum Gasteiger partial charge on any atom is -0.456 e. The maximum Gasteiger partial charge on any atom is 0.145 e. The first-order valence-corrected chi connectivity index (χ1v) is 7.42. The molecule has 0 fully saturated rings. The lowest BCUT2D eigenvalue weighted by Crippen LogP contribution is -1.95. The van der Waals surface area contributed by atoms with E-state index in [1.165, 1.54) is 0 Å². The monoisotopic (exact) mass is 343 g/mol. The van der Waals surface area contributed by atoms with Crippen molar-refractivity contribution < 1.29 is 9.84 Å². The van der Waals surface area contributed by atoms with Gasteiger partial charge in [0.05, 0.1) is 18.0 Å². The fourth-order valence-corrected chi connectivity index (χ4v) is 2.47. The van der Waals surface area contributed by atoms with E-state index in [0.29, 0.717) is 11.4 Å². The third-order valence-corrected chi connectivity index (χ3v) is 3.69. The van der Waals surface area contributed by atoms with Crippen LogP contribution in [0.4, 0.5) is 0 Å². The molecule has 2 aromatic carbocycles.